The second kappa shape index (κ2) is 5.30. The summed E-state index contributed by atoms with van der Waals surface area (Å²) in [5.41, 5.74) is 7.44. The monoisotopic (exact) mass is 253 g/mol. The lowest BCUT2D eigenvalue weighted by molar-refractivity contribution is 0.936. The number of nitrogens with one attached hydrogen (secondary N) is 1. The van der Waals surface area contributed by atoms with E-state index in [0.29, 0.717) is 11.6 Å². The van der Waals surface area contributed by atoms with Crippen molar-refractivity contribution < 1.29 is 0 Å². The van der Waals surface area contributed by atoms with Gasteiger partial charge in [0.1, 0.15) is 0 Å². The fraction of sp³-hybridized carbons (Fsp3) is 0.182. The predicted octanol–water partition coefficient (Wildman–Crippen LogP) is 3.04. The Morgan fingerprint density at radius 3 is 3.06 bits per heavy atom. The minimum atomic E-state index is 0.625. The fourth-order valence-electron chi connectivity index (χ4n) is 1.32. The summed E-state index contributed by atoms with van der Waals surface area (Å²) in [6, 6.07) is 7.56. The van der Waals surface area contributed by atoms with Gasteiger partial charge in [0.2, 0.25) is 0 Å². The zero-order chi connectivity index (χ0) is 11.4. The van der Waals surface area contributed by atoms with Crippen LogP contribution in [0.4, 0.5) is 10.8 Å². The second-order valence-corrected chi connectivity index (χ2v) is 4.61. The molecule has 1 heterocycles. The van der Waals surface area contributed by atoms with E-state index in [4.69, 9.17) is 17.3 Å². The highest BCUT2D eigenvalue weighted by atomic mass is 35.5. The van der Waals surface area contributed by atoms with E-state index in [1.807, 2.05) is 29.6 Å². The molecule has 0 aliphatic heterocycles. The fourth-order valence-corrected chi connectivity index (χ4v) is 2.27. The molecule has 5 heteroatoms. The van der Waals surface area contributed by atoms with E-state index in [9.17, 15) is 0 Å². The second-order valence-electron chi connectivity index (χ2n) is 3.32. The van der Waals surface area contributed by atoms with Crippen molar-refractivity contribution in [1.29, 1.82) is 0 Å². The normalized spacial score (nSPS) is 10.4. The molecular formula is C11H12ClN3S. The van der Waals surface area contributed by atoms with Gasteiger partial charge in [0, 0.05) is 22.5 Å². The number of aromatic nitrogens is 1. The highest BCUT2D eigenvalue weighted by Gasteiger charge is 2.01. The van der Waals surface area contributed by atoms with Crippen molar-refractivity contribution in [3.05, 3.63) is 40.4 Å². The number of nitrogens with zero attached hydrogens (tertiary/aromatic N) is 1. The van der Waals surface area contributed by atoms with Gasteiger partial charge in [-0.3, -0.25) is 0 Å². The van der Waals surface area contributed by atoms with Gasteiger partial charge >= 0.3 is 0 Å². The van der Waals surface area contributed by atoms with Crippen molar-refractivity contribution in [2.45, 2.75) is 6.42 Å². The van der Waals surface area contributed by atoms with E-state index in [-0.39, 0.29) is 0 Å². The molecule has 84 valence electrons. The van der Waals surface area contributed by atoms with Crippen LogP contribution in [0.1, 0.15) is 5.69 Å². The van der Waals surface area contributed by atoms with Gasteiger partial charge in [0.25, 0.3) is 0 Å². The molecule has 2 rings (SSSR count). The Kier molecular flexibility index (Phi) is 3.77. The Labute approximate surface area is 103 Å². The molecule has 0 unspecified atom stereocenters. The smallest absolute Gasteiger partial charge is 0.187 e. The maximum Gasteiger partial charge on any atom is 0.187 e. The van der Waals surface area contributed by atoms with E-state index in [1.54, 1.807) is 11.3 Å². The molecule has 2 aromatic rings. The van der Waals surface area contributed by atoms with Crippen molar-refractivity contribution in [3.8, 4) is 0 Å². The van der Waals surface area contributed by atoms with Crippen LogP contribution in [0.5, 0.6) is 0 Å². The van der Waals surface area contributed by atoms with Crippen molar-refractivity contribution in [1.82, 2.24) is 4.98 Å². The van der Waals surface area contributed by atoms with Crippen molar-refractivity contribution in [2.75, 3.05) is 11.9 Å². The average Bonchev–Trinajstić information content (AvgIpc) is 2.66. The number of halogens is 1. The van der Waals surface area contributed by atoms with Crippen LogP contribution >= 0.6 is 22.9 Å². The Balaban J connectivity index is 2.08. The van der Waals surface area contributed by atoms with E-state index in [1.165, 1.54) is 0 Å². The Morgan fingerprint density at radius 1 is 1.44 bits per heavy atom. The average molecular weight is 254 g/mol. The van der Waals surface area contributed by atoms with E-state index >= 15 is 0 Å². The first-order chi connectivity index (χ1) is 7.78. The summed E-state index contributed by atoms with van der Waals surface area (Å²) in [5.74, 6) is 0. The molecule has 0 bridgehead atoms. The van der Waals surface area contributed by atoms with Gasteiger partial charge < -0.3 is 11.1 Å². The number of benzene rings is 1. The zero-order valence-electron chi connectivity index (χ0n) is 8.61. The molecule has 0 aliphatic rings. The van der Waals surface area contributed by atoms with Crippen LogP contribution in [0.2, 0.25) is 5.02 Å². The third-order valence-corrected chi connectivity index (χ3v) is 3.07. The molecule has 0 fully saturated rings. The molecule has 1 aromatic heterocycles. The van der Waals surface area contributed by atoms with Crippen LogP contribution < -0.4 is 11.1 Å². The SMILES string of the molecule is NCCc1csc(Nc2cccc(Cl)c2)n1. The number of hydrogen-bond donors (Lipinski definition) is 2. The number of nitrogens with two attached hydrogens (primary N) is 1. The summed E-state index contributed by atoms with van der Waals surface area (Å²) in [5, 5.41) is 6.80. The van der Waals surface area contributed by atoms with Gasteiger partial charge in [0.05, 0.1) is 5.69 Å². The van der Waals surface area contributed by atoms with Crippen molar-refractivity contribution in [2.24, 2.45) is 5.73 Å². The topological polar surface area (TPSA) is 50.9 Å². The largest absolute Gasteiger partial charge is 0.331 e. The molecule has 0 saturated heterocycles. The molecule has 1 aromatic carbocycles. The Hall–Kier alpha value is -1.10. The minimum Gasteiger partial charge on any atom is -0.331 e. The quantitative estimate of drug-likeness (QED) is 0.881. The number of thiazole rings is 1. The van der Waals surface area contributed by atoms with Crippen LogP contribution in [0, 0.1) is 0 Å². The van der Waals surface area contributed by atoms with Gasteiger partial charge in [-0.05, 0) is 24.7 Å². The first-order valence-corrected chi connectivity index (χ1v) is 6.21. The van der Waals surface area contributed by atoms with Gasteiger partial charge in [-0.25, -0.2) is 4.98 Å². The lowest BCUT2D eigenvalue weighted by Crippen LogP contribution is -2.02. The molecule has 0 atom stereocenters. The molecule has 0 amide bonds. The number of hydrogen-bond acceptors (Lipinski definition) is 4. The lowest BCUT2D eigenvalue weighted by Gasteiger charge is -2.01. The molecule has 3 N–H and O–H groups in total. The van der Waals surface area contributed by atoms with Crippen LogP contribution in [0.15, 0.2) is 29.6 Å². The highest BCUT2D eigenvalue weighted by molar-refractivity contribution is 7.13. The van der Waals surface area contributed by atoms with Crippen molar-refractivity contribution >= 4 is 33.8 Å². The molecule has 0 saturated carbocycles. The third kappa shape index (κ3) is 2.95. The summed E-state index contributed by atoms with van der Waals surface area (Å²) >= 11 is 7.46. The van der Waals surface area contributed by atoms with Gasteiger partial charge in [-0.1, -0.05) is 17.7 Å². The number of anilines is 2. The first-order valence-electron chi connectivity index (χ1n) is 4.95. The summed E-state index contributed by atoms with van der Waals surface area (Å²) in [6.45, 7) is 0.625. The van der Waals surface area contributed by atoms with Gasteiger partial charge in [-0.15, -0.1) is 11.3 Å². The van der Waals surface area contributed by atoms with Gasteiger partial charge in [-0.2, -0.15) is 0 Å². The summed E-state index contributed by atoms with van der Waals surface area (Å²) in [7, 11) is 0. The Morgan fingerprint density at radius 2 is 2.31 bits per heavy atom. The molecule has 3 nitrogen and oxygen atoms in total. The van der Waals surface area contributed by atoms with Crippen LogP contribution in [0.25, 0.3) is 0 Å². The summed E-state index contributed by atoms with van der Waals surface area (Å²) in [6.07, 6.45) is 0.813. The maximum atomic E-state index is 5.89. The lowest BCUT2D eigenvalue weighted by atomic mass is 10.3. The van der Waals surface area contributed by atoms with Crippen LogP contribution in [-0.4, -0.2) is 11.5 Å². The van der Waals surface area contributed by atoms with E-state index in [2.05, 4.69) is 10.3 Å². The maximum absolute atomic E-state index is 5.89. The van der Waals surface area contributed by atoms with Crippen LogP contribution in [-0.2, 0) is 6.42 Å². The molecule has 16 heavy (non-hydrogen) atoms. The third-order valence-electron chi connectivity index (χ3n) is 2.03. The molecular weight excluding hydrogens is 242 g/mol. The highest BCUT2D eigenvalue weighted by Crippen LogP contribution is 2.22. The predicted molar refractivity (Wildman–Crippen MR) is 69.6 cm³/mol. The molecule has 0 spiro atoms. The van der Waals surface area contributed by atoms with E-state index in [0.717, 1.165) is 22.9 Å². The molecule has 0 radical (unpaired) electrons. The van der Waals surface area contributed by atoms with Gasteiger partial charge in [0.15, 0.2) is 5.13 Å². The summed E-state index contributed by atoms with van der Waals surface area (Å²) in [4.78, 5) is 4.41. The Bertz CT molecular complexity index is 470. The van der Waals surface area contributed by atoms with Crippen molar-refractivity contribution in [3.63, 3.8) is 0 Å². The minimum absolute atomic E-state index is 0.625. The number of rotatable bonds is 4. The molecule has 0 aliphatic carbocycles. The zero-order valence-corrected chi connectivity index (χ0v) is 10.2. The first kappa shape index (κ1) is 11.4. The van der Waals surface area contributed by atoms with E-state index < -0.39 is 0 Å². The summed E-state index contributed by atoms with van der Waals surface area (Å²) < 4.78 is 0. The van der Waals surface area contributed by atoms with Crippen LogP contribution in [0.3, 0.4) is 0 Å². The standard InChI is InChI=1S/C11H12ClN3S/c12-8-2-1-3-9(6-8)14-11-15-10(4-5-13)7-16-11/h1-3,6-7H,4-5,13H2,(H,14,15).